The Labute approximate surface area is 193 Å². The Kier molecular flexibility index (Phi) is 6.55. The van der Waals surface area contributed by atoms with E-state index in [1.807, 2.05) is 31.2 Å². The van der Waals surface area contributed by atoms with Crippen LogP contribution in [0.1, 0.15) is 20.3 Å². The van der Waals surface area contributed by atoms with Gasteiger partial charge in [0.1, 0.15) is 0 Å². The summed E-state index contributed by atoms with van der Waals surface area (Å²) in [5.41, 5.74) is 0.945. The highest BCUT2D eigenvalue weighted by Gasteiger charge is 2.30. The molecule has 1 atom stereocenters. The lowest BCUT2D eigenvalue weighted by molar-refractivity contribution is 0.385. The van der Waals surface area contributed by atoms with Gasteiger partial charge in [0.2, 0.25) is 20.0 Å². The number of para-hydroxylation sites is 1. The van der Waals surface area contributed by atoms with E-state index in [4.69, 9.17) is 0 Å². The minimum Gasteiger partial charge on any atom is -0.345 e. The molecule has 0 bridgehead atoms. The van der Waals surface area contributed by atoms with Crippen LogP contribution in [-0.4, -0.2) is 58.3 Å². The van der Waals surface area contributed by atoms with Crippen LogP contribution in [0.2, 0.25) is 0 Å². The van der Waals surface area contributed by atoms with Crippen LogP contribution in [0.15, 0.2) is 58.3 Å². The van der Waals surface area contributed by atoms with Gasteiger partial charge >= 0.3 is 0 Å². The molecule has 4 rings (SSSR count). The lowest BCUT2D eigenvalue weighted by Crippen LogP contribution is -2.48. The van der Waals surface area contributed by atoms with E-state index in [0.29, 0.717) is 32.6 Å². The molecule has 1 fully saturated rings. The van der Waals surface area contributed by atoms with E-state index in [9.17, 15) is 16.8 Å². The molecular weight excluding hydrogens is 468 g/mol. The number of hydrogen-bond acceptors (Lipinski definition) is 7. The van der Waals surface area contributed by atoms with Crippen molar-refractivity contribution in [1.29, 1.82) is 0 Å². The molecule has 0 radical (unpaired) electrons. The predicted molar refractivity (Wildman–Crippen MR) is 127 cm³/mol. The van der Waals surface area contributed by atoms with Gasteiger partial charge in [-0.3, -0.25) is 0 Å². The van der Waals surface area contributed by atoms with Gasteiger partial charge in [0.25, 0.3) is 0 Å². The third-order valence-electron chi connectivity index (χ3n) is 5.53. The molecule has 0 aliphatic carbocycles. The molecule has 1 aliphatic heterocycles. The zero-order chi connectivity index (χ0) is 22.9. The first-order valence-corrected chi connectivity index (χ1v) is 14.2. The van der Waals surface area contributed by atoms with Crippen LogP contribution in [0, 0.1) is 0 Å². The maximum atomic E-state index is 13.1. The summed E-state index contributed by atoms with van der Waals surface area (Å²) in [6.45, 7) is 5.44. The summed E-state index contributed by atoms with van der Waals surface area (Å²) in [4.78, 5) is 6.90. The summed E-state index contributed by atoms with van der Waals surface area (Å²) >= 11 is 1.60. The summed E-state index contributed by atoms with van der Waals surface area (Å²) in [5.74, 6) is 0. The van der Waals surface area contributed by atoms with Crippen LogP contribution in [0.3, 0.4) is 0 Å². The van der Waals surface area contributed by atoms with Crippen molar-refractivity contribution in [3.63, 3.8) is 0 Å². The first-order valence-electron chi connectivity index (χ1n) is 10.4. The van der Waals surface area contributed by atoms with Crippen molar-refractivity contribution >= 4 is 46.7 Å². The Bertz CT molecular complexity index is 1260. The number of nitrogens with one attached hydrogen (secondary N) is 1. The van der Waals surface area contributed by atoms with E-state index in [-0.39, 0.29) is 15.8 Å². The molecule has 1 aromatic heterocycles. The Morgan fingerprint density at radius 2 is 1.59 bits per heavy atom. The maximum absolute atomic E-state index is 13.1. The number of nitrogens with zero attached hydrogens (tertiary/aromatic N) is 3. The summed E-state index contributed by atoms with van der Waals surface area (Å²) in [5, 5.41) is 0.895. The van der Waals surface area contributed by atoms with Crippen LogP contribution in [0.4, 0.5) is 5.13 Å². The highest BCUT2D eigenvalue weighted by molar-refractivity contribution is 7.89. The van der Waals surface area contributed by atoms with Crippen LogP contribution in [0.5, 0.6) is 0 Å². The van der Waals surface area contributed by atoms with Crippen molar-refractivity contribution in [2.45, 2.75) is 36.1 Å². The Hall–Kier alpha value is -2.05. The number of anilines is 1. The smallest absolute Gasteiger partial charge is 0.243 e. The molecule has 8 nitrogen and oxygen atoms in total. The largest absolute Gasteiger partial charge is 0.345 e. The Morgan fingerprint density at radius 1 is 0.969 bits per heavy atom. The monoisotopic (exact) mass is 494 g/mol. The summed E-state index contributed by atoms with van der Waals surface area (Å²) in [7, 11) is -7.39. The fourth-order valence-corrected chi connectivity index (χ4v) is 7.24. The molecule has 32 heavy (non-hydrogen) atoms. The predicted octanol–water partition coefficient (Wildman–Crippen LogP) is 2.88. The van der Waals surface area contributed by atoms with Gasteiger partial charge in [0.15, 0.2) is 5.13 Å². The average Bonchev–Trinajstić information content (AvgIpc) is 3.23. The molecule has 2 aromatic carbocycles. The number of piperazine rings is 1. The third-order valence-corrected chi connectivity index (χ3v) is 10.1. The van der Waals surface area contributed by atoms with E-state index >= 15 is 0 Å². The van der Waals surface area contributed by atoms with Crippen LogP contribution < -0.4 is 9.62 Å². The second-order valence-electron chi connectivity index (χ2n) is 7.76. The van der Waals surface area contributed by atoms with Crippen molar-refractivity contribution in [2.24, 2.45) is 0 Å². The molecular formula is C21H26N4O4S3. The zero-order valence-corrected chi connectivity index (χ0v) is 20.4. The van der Waals surface area contributed by atoms with Crippen molar-refractivity contribution in [3.05, 3.63) is 48.5 Å². The molecule has 0 saturated carbocycles. The molecule has 0 amide bonds. The fraction of sp³-hybridized carbons (Fsp3) is 0.381. The highest BCUT2D eigenvalue weighted by Crippen LogP contribution is 2.30. The summed E-state index contributed by atoms with van der Waals surface area (Å²) < 4.78 is 56.1. The number of fused-ring (bicyclic) bond motifs is 1. The highest BCUT2D eigenvalue weighted by atomic mass is 32.2. The number of thiazole rings is 1. The standard InChI is InChI=1S/C21H26N4O4S3/c1-3-16(2)23-31(26,27)17-8-10-18(11-9-17)32(28,29)25-14-12-24(13-15-25)21-22-19-6-4-5-7-20(19)30-21/h4-11,16,23H,3,12-15H2,1-2H3. The van der Waals surface area contributed by atoms with Gasteiger partial charge in [-0.1, -0.05) is 30.4 Å². The first kappa shape index (κ1) is 23.1. The molecule has 1 aliphatic rings. The van der Waals surface area contributed by atoms with Crippen LogP contribution in [-0.2, 0) is 20.0 Å². The number of aromatic nitrogens is 1. The van der Waals surface area contributed by atoms with E-state index < -0.39 is 20.0 Å². The fourth-order valence-electron chi connectivity index (χ4n) is 3.47. The minimum atomic E-state index is -3.71. The number of rotatable bonds is 7. The first-order chi connectivity index (χ1) is 15.2. The number of sulfonamides is 2. The van der Waals surface area contributed by atoms with Crippen molar-refractivity contribution in [1.82, 2.24) is 14.0 Å². The quantitative estimate of drug-likeness (QED) is 0.542. The molecule has 11 heteroatoms. The number of hydrogen-bond donors (Lipinski definition) is 1. The van der Waals surface area contributed by atoms with Crippen molar-refractivity contribution in [2.75, 3.05) is 31.1 Å². The summed E-state index contributed by atoms with van der Waals surface area (Å²) in [6.07, 6.45) is 0.661. The molecule has 1 unspecified atom stereocenters. The molecule has 172 valence electrons. The van der Waals surface area contributed by atoms with Crippen molar-refractivity contribution in [3.8, 4) is 0 Å². The van der Waals surface area contributed by atoms with E-state index in [0.717, 1.165) is 15.3 Å². The molecule has 1 saturated heterocycles. The minimum absolute atomic E-state index is 0.0532. The zero-order valence-electron chi connectivity index (χ0n) is 17.9. The second-order valence-corrected chi connectivity index (χ2v) is 12.4. The van der Waals surface area contributed by atoms with Gasteiger partial charge in [-0.25, -0.2) is 26.5 Å². The van der Waals surface area contributed by atoms with E-state index in [1.54, 1.807) is 18.3 Å². The van der Waals surface area contributed by atoms with E-state index in [2.05, 4.69) is 14.6 Å². The molecule has 3 aromatic rings. The Balaban J connectivity index is 1.45. The maximum Gasteiger partial charge on any atom is 0.243 e. The lowest BCUT2D eigenvalue weighted by Gasteiger charge is -2.33. The average molecular weight is 495 g/mol. The number of benzene rings is 2. The molecule has 1 N–H and O–H groups in total. The van der Waals surface area contributed by atoms with Crippen molar-refractivity contribution < 1.29 is 16.8 Å². The Morgan fingerprint density at radius 3 is 2.22 bits per heavy atom. The van der Waals surface area contributed by atoms with Gasteiger partial charge in [-0.15, -0.1) is 0 Å². The summed E-state index contributed by atoms with van der Waals surface area (Å²) in [6, 6.07) is 13.1. The van der Waals surface area contributed by atoms with Gasteiger partial charge in [0.05, 0.1) is 20.0 Å². The van der Waals surface area contributed by atoms with Gasteiger partial charge < -0.3 is 4.90 Å². The lowest BCUT2D eigenvalue weighted by atomic mass is 10.3. The molecule has 2 heterocycles. The van der Waals surface area contributed by atoms with Gasteiger partial charge in [0, 0.05) is 32.2 Å². The third kappa shape index (κ3) is 4.67. The van der Waals surface area contributed by atoms with Gasteiger partial charge in [-0.05, 0) is 49.7 Å². The van der Waals surface area contributed by atoms with Crippen LogP contribution in [0.25, 0.3) is 10.2 Å². The topological polar surface area (TPSA) is 99.7 Å². The van der Waals surface area contributed by atoms with E-state index in [1.165, 1.54) is 28.6 Å². The SMILES string of the molecule is CCC(C)NS(=O)(=O)c1ccc(S(=O)(=O)N2CCN(c3nc4ccccc4s3)CC2)cc1. The normalized spacial score (nSPS) is 17.0. The second kappa shape index (κ2) is 9.06. The van der Waals surface area contributed by atoms with Gasteiger partial charge in [-0.2, -0.15) is 4.31 Å². The molecule has 0 spiro atoms. The van der Waals surface area contributed by atoms with Crippen LogP contribution >= 0.6 is 11.3 Å².